The first-order valence-corrected chi connectivity index (χ1v) is 11.9. The fourth-order valence-corrected chi connectivity index (χ4v) is 4.49. The molecule has 1 heterocycles. The van der Waals surface area contributed by atoms with Crippen LogP contribution in [-0.2, 0) is 4.79 Å². The summed E-state index contributed by atoms with van der Waals surface area (Å²) in [6.07, 6.45) is 4.14. The van der Waals surface area contributed by atoms with E-state index in [0.29, 0.717) is 41.1 Å². The smallest absolute Gasteiger partial charge is 0.266 e. The Hall–Kier alpha value is -2.66. The van der Waals surface area contributed by atoms with Gasteiger partial charge in [0.25, 0.3) is 5.56 Å². The number of aryl methyl sites for hydroxylation is 1. The summed E-state index contributed by atoms with van der Waals surface area (Å²) in [7, 11) is 0. The van der Waals surface area contributed by atoms with E-state index in [-0.39, 0.29) is 17.5 Å². The van der Waals surface area contributed by atoms with Gasteiger partial charge in [-0.2, -0.15) is 0 Å². The fourth-order valence-electron chi connectivity index (χ4n) is 4.26. The molecule has 5 nitrogen and oxygen atoms in total. The average Bonchev–Trinajstić information content (AvgIpc) is 2.78. The molecule has 0 N–H and O–H groups in total. The Balaban J connectivity index is 2.22. The molecule has 0 aliphatic heterocycles. The number of hydrogen-bond acceptors (Lipinski definition) is 3. The van der Waals surface area contributed by atoms with Gasteiger partial charge in [-0.1, -0.05) is 50.4 Å². The molecule has 1 amide bonds. The zero-order chi connectivity index (χ0) is 23.3. The van der Waals surface area contributed by atoms with Gasteiger partial charge < -0.3 is 4.90 Å². The lowest BCUT2D eigenvalue weighted by molar-refractivity contribution is -0.133. The summed E-state index contributed by atoms with van der Waals surface area (Å²) in [5, 5.41) is 1.17. The molecule has 6 heteroatoms. The molecule has 0 spiro atoms. The van der Waals surface area contributed by atoms with Crippen LogP contribution in [0.1, 0.15) is 70.3 Å². The third-order valence-electron chi connectivity index (χ3n) is 5.92. The number of halogens is 1. The van der Waals surface area contributed by atoms with Gasteiger partial charge in [-0.15, -0.1) is 0 Å². The summed E-state index contributed by atoms with van der Waals surface area (Å²) in [5.74, 6) is 0.696. The van der Waals surface area contributed by atoms with E-state index in [1.54, 1.807) is 16.7 Å². The van der Waals surface area contributed by atoms with Crippen LogP contribution < -0.4 is 5.56 Å². The highest BCUT2D eigenvalue weighted by atomic mass is 35.5. The highest BCUT2D eigenvalue weighted by Crippen LogP contribution is 2.28. The number of aromatic nitrogens is 2. The third-order valence-corrected chi connectivity index (χ3v) is 6.15. The molecule has 1 unspecified atom stereocenters. The lowest BCUT2D eigenvalue weighted by atomic mass is 10.1. The molecule has 32 heavy (non-hydrogen) atoms. The normalized spacial score (nSPS) is 12.2. The van der Waals surface area contributed by atoms with Crippen LogP contribution in [0.25, 0.3) is 16.6 Å². The minimum atomic E-state index is -0.304. The van der Waals surface area contributed by atoms with Crippen molar-refractivity contribution in [3.8, 4) is 5.69 Å². The Morgan fingerprint density at radius 1 is 1.12 bits per heavy atom. The van der Waals surface area contributed by atoms with Crippen molar-refractivity contribution in [2.75, 3.05) is 6.54 Å². The second-order valence-corrected chi connectivity index (χ2v) is 8.56. The molecule has 0 saturated carbocycles. The van der Waals surface area contributed by atoms with Crippen molar-refractivity contribution in [3.63, 3.8) is 0 Å². The summed E-state index contributed by atoms with van der Waals surface area (Å²) < 4.78 is 1.67. The standard InChI is InChI=1S/C26H32ClN3O2/c1-5-8-9-14-24(31)29(7-3)22(6-2)25-28-21-13-11-10-12-20(21)26(32)30(25)23-16-15-19(27)17-18(23)4/h10-13,15-17,22H,5-9,14H2,1-4H3. The Morgan fingerprint density at radius 2 is 1.88 bits per heavy atom. The van der Waals surface area contributed by atoms with Gasteiger partial charge in [-0.05, 0) is 62.6 Å². The van der Waals surface area contributed by atoms with Crippen molar-refractivity contribution in [3.05, 3.63) is 69.2 Å². The van der Waals surface area contributed by atoms with Crippen molar-refractivity contribution in [1.82, 2.24) is 14.5 Å². The number of benzene rings is 2. The number of rotatable bonds is 9. The first kappa shape index (κ1) is 24.0. The second-order valence-electron chi connectivity index (χ2n) is 8.12. The van der Waals surface area contributed by atoms with Crippen LogP contribution >= 0.6 is 11.6 Å². The van der Waals surface area contributed by atoms with Gasteiger partial charge in [-0.3, -0.25) is 14.2 Å². The molecule has 1 aromatic heterocycles. The van der Waals surface area contributed by atoms with Crippen LogP contribution in [0.15, 0.2) is 47.3 Å². The number of fused-ring (bicyclic) bond motifs is 1. The van der Waals surface area contributed by atoms with Gasteiger partial charge in [0.2, 0.25) is 5.91 Å². The first-order chi connectivity index (χ1) is 15.4. The fraction of sp³-hybridized carbons (Fsp3) is 0.423. The number of amides is 1. The van der Waals surface area contributed by atoms with Gasteiger partial charge in [0.1, 0.15) is 5.82 Å². The maximum Gasteiger partial charge on any atom is 0.266 e. The van der Waals surface area contributed by atoms with Gasteiger partial charge in [0.15, 0.2) is 0 Å². The van der Waals surface area contributed by atoms with Crippen LogP contribution in [0, 0.1) is 6.92 Å². The van der Waals surface area contributed by atoms with Crippen LogP contribution in [0.3, 0.4) is 0 Å². The Morgan fingerprint density at radius 3 is 2.53 bits per heavy atom. The largest absolute Gasteiger partial charge is 0.333 e. The van der Waals surface area contributed by atoms with E-state index in [1.165, 1.54) is 0 Å². The van der Waals surface area contributed by atoms with Crippen molar-refractivity contribution in [2.24, 2.45) is 0 Å². The number of para-hydroxylation sites is 1. The minimum absolute atomic E-state index is 0.106. The monoisotopic (exact) mass is 453 g/mol. The minimum Gasteiger partial charge on any atom is -0.333 e. The Kier molecular flexibility index (Phi) is 8.08. The van der Waals surface area contributed by atoms with E-state index >= 15 is 0 Å². The lowest BCUT2D eigenvalue weighted by Gasteiger charge is -2.32. The number of unbranched alkanes of at least 4 members (excludes halogenated alkanes) is 2. The molecule has 0 fully saturated rings. The summed E-state index contributed by atoms with van der Waals surface area (Å²) in [6.45, 7) is 8.64. The van der Waals surface area contributed by atoms with E-state index in [4.69, 9.17) is 16.6 Å². The summed E-state index contributed by atoms with van der Waals surface area (Å²) >= 11 is 6.19. The quantitative estimate of drug-likeness (QED) is 0.361. The molecule has 0 aliphatic carbocycles. The topological polar surface area (TPSA) is 55.2 Å². The van der Waals surface area contributed by atoms with Crippen molar-refractivity contribution >= 4 is 28.4 Å². The van der Waals surface area contributed by atoms with Crippen LogP contribution in [0.4, 0.5) is 0 Å². The molecule has 170 valence electrons. The zero-order valence-corrected chi connectivity index (χ0v) is 20.2. The van der Waals surface area contributed by atoms with Crippen molar-refractivity contribution in [1.29, 1.82) is 0 Å². The van der Waals surface area contributed by atoms with Gasteiger partial charge in [0.05, 0.1) is 22.6 Å². The van der Waals surface area contributed by atoms with E-state index in [9.17, 15) is 9.59 Å². The Bertz CT molecular complexity index is 1160. The zero-order valence-electron chi connectivity index (χ0n) is 19.4. The molecule has 2 aromatic carbocycles. The summed E-state index contributed by atoms with van der Waals surface area (Å²) in [5.41, 5.74) is 2.12. The molecule has 3 rings (SSSR count). The maximum atomic E-state index is 13.7. The van der Waals surface area contributed by atoms with E-state index in [0.717, 1.165) is 30.5 Å². The number of carbonyl (C=O) groups is 1. The molecule has 0 aliphatic rings. The van der Waals surface area contributed by atoms with Gasteiger partial charge in [-0.25, -0.2) is 4.98 Å². The van der Waals surface area contributed by atoms with Crippen molar-refractivity contribution < 1.29 is 4.79 Å². The predicted molar refractivity (Wildman–Crippen MR) is 132 cm³/mol. The first-order valence-electron chi connectivity index (χ1n) is 11.5. The number of nitrogens with zero attached hydrogens (tertiary/aromatic N) is 3. The molecule has 0 bridgehead atoms. The van der Waals surface area contributed by atoms with Crippen LogP contribution in [0.2, 0.25) is 5.02 Å². The molecular formula is C26H32ClN3O2. The SMILES string of the molecule is CCCCCC(=O)N(CC)C(CC)c1nc2ccccc2c(=O)n1-c1ccc(Cl)cc1C. The lowest BCUT2D eigenvalue weighted by Crippen LogP contribution is -2.38. The molecular weight excluding hydrogens is 422 g/mol. The third kappa shape index (κ3) is 4.88. The average molecular weight is 454 g/mol. The maximum absolute atomic E-state index is 13.7. The van der Waals surface area contributed by atoms with Crippen molar-refractivity contribution in [2.45, 2.75) is 65.8 Å². The summed E-state index contributed by atoms with van der Waals surface area (Å²) in [4.78, 5) is 33.6. The predicted octanol–water partition coefficient (Wildman–Crippen LogP) is 6.23. The number of carbonyl (C=O) groups excluding carboxylic acids is 1. The van der Waals surface area contributed by atoms with E-state index in [2.05, 4.69) is 6.92 Å². The second kappa shape index (κ2) is 10.8. The van der Waals surface area contributed by atoms with Crippen LogP contribution in [0.5, 0.6) is 0 Å². The van der Waals surface area contributed by atoms with Gasteiger partial charge >= 0.3 is 0 Å². The molecule has 0 saturated heterocycles. The molecule has 3 aromatic rings. The highest BCUT2D eigenvalue weighted by molar-refractivity contribution is 6.30. The molecule has 0 radical (unpaired) electrons. The van der Waals surface area contributed by atoms with Gasteiger partial charge in [0, 0.05) is 18.0 Å². The number of hydrogen-bond donors (Lipinski definition) is 0. The van der Waals surface area contributed by atoms with Crippen LogP contribution in [-0.4, -0.2) is 26.9 Å². The Labute approximate surface area is 195 Å². The van der Waals surface area contributed by atoms with E-state index in [1.807, 2.05) is 56.0 Å². The molecule has 1 atom stereocenters. The highest BCUT2D eigenvalue weighted by Gasteiger charge is 2.28. The summed E-state index contributed by atoms with van der Waals surface area (Å²) in [6, 6.07) is 12.5. The van der Waals surface area contributed by atoms with E-state index < -0.39 is 0 Å².